The zero-order chi connectivity index (χ0) is 14.9. The first kappa shape index (κ1) is 14.3. The molecule has 2 rings (SSSR count). The minimum Gasteiger partial charge on any atom is -0.507 e. The van der Waals surface area contributed by atoms with Gasteiger partial charge in [0.05, 0.1) is 18.3 Å². The quantitative estimate of drug-likeness (QED) is 0.640. The van der Waals surface area contributed by atoms with Gasteiger partial charge in [0.1, 0.15) is 5.75 Å². The lowest BCUT2D eigenvalue weighted by Gasteiger charge is -2.04. The maximum absolute atomic E-state index is 11.9. The van der Waals surface area contributed by atoms with Gasteiger partial charge in [-0.1, -0.05) is 15.9 Å². The van der Waals surface area contributed by atoms with Crippen molar-refractivity contribution in [2.75, 3.05) is 7.11 Å². The molecule has 1 aliphatic rings. The first-order valence-corrected chi connectivity index (χ1v) is 6.54. The van der Waals surface area contributed by atoms with Crippen LogP contribution in [0.2, 0.25) is 0 Å². The number of carbonyl (C=O) groups is 2. The summed E-state index contributed by atoms with van der Waals surface area (Å²) in [5, 5.41) is 12.4. The monoisotopic (exact) mass is 337 g/mol. The molecule has 0 aromatic heterocycles. The van der Waals surface area contributed by atoms with Crippen molar-refractivity contribution in [3.8, 4) is 5.75 Å². The van der Waals surface area contributed by atoms with Gasteiger partial charge in [-0.15, -0.1) is 0 Å². The molecular weight excluding hydrogens is 326 g/mol. The van der Waals surface area contributed by atoms with Crippen molar-refractivity contribution in [3.05, 3.63) is 45.1 Å². The van der Waals surface area contributed by atoms with E-state index in [1.807, 2.05) is 0 Å². The van der Waals surface area contributed by atoms with Crippen molar-refractivity contribution < 1.29 is 19.4 Å². The second kappa shape index (κ2) is 5.50. The summed E-state index contributed by atoms with van der Waals surface area (Å²) in [6, 6.07) is 4.82. The number of ether oxygens (including phenoxy) is 1. The minimum absolute atomic E-state index is 0.0160. The zero-order valence-electron chi connectivity index (χ0n) is 10.9. The summed E-state index contributed by atoms with van der Waals surface area (Å²) in [4.78, 5) is 23.6. The van der Waals surface area contributed by atoms with E-state index >= 15 is 0 Å². The molecule has 0 saturated carbocycles. The Morgan fingerprint density at radius 1 is 1.45 bits per heavy atom. The van der Waals surface area contributed by atoms with Crippen molar-refractivity contribution >= 4 is 33.9 Å². The number of methoxy groups -OCH3 is 1. The number of hydrogen-bond donors (Lipinski definition) is 2. The second-order valence-corrected chi connectivity index (χ2v) is 5.12. The molecule has 0 bridgehead atoms. The second-order valence-electron chi connectivity index (χ2n) is 4.21. The third-order valence-corrected chi connectivity index (χ3v) is 3.36. The maximum atomic E-state index is 11.9. The largest absolute Gasteiger partial charge is 0.507 e. The SMILES string of the molecule is COC(=O)C1=C(C)NC(=O)/C1=C\c1cc(Br)ccc1O. The predicted octanol–water partition coefficient (Wildman–Crippen LogP) is 2.11. The standard InChI is InChI=1S/C14H12BrNO4/c1-7-12(14(19)20-2)10(13(18)16-7)6-8-5-9(15)3-4-11(8)17/h3-6,17H,1-2H3,(H,16,18)/b10-6-. The van der Waals surface area contributed by atoms with Gasteiger partial charge in [0.15, 0.2) is 0 Å². The van der Waals surface area contributed by atoms with Gasteiger partial charge in [0.25, 0.3) is 5.91 Å². The number of esters is 1. The number of nitrogens with one attached hydrogen (secondary N) is 1. The molecule has 104 valence electrons. The summed E-state index contributed by atoms with van der Waals surface area (Å²) < 4.78 is 5.42. The van der Waals surface area contributed by atoms with Crippen LogP contribution in [-0.4, -0.2) is 24.1 Å². The van der Waals surface area contributed by atoms with Gasteiger partial charge in [-0.3, -0.25) is 4.79 Å². The molecule has 20 heavy (non-hydrogen) atoms. The highest BCUT2D eigenvalue weighted by atomic mass is 79.9. The maximum Gasteiger partial charge on any atom is 0.340 e. The van der Waals surface area contributed by atoms with E-state index in [9.17, 15) is 14.7 Å². The highest BCUT2D eigenvalue weighted by Gasteiger charge is 2.30. The van der Waals surface area contributed by atoms with E-state index in [1.54, 1.807) is 19.1 Å². The summed E-state index contributed by atoms with van der Waals surface area (Å²) in [5.41, 5.74) is 1.21. The molecule has 0 aliphatic carbocycles. The molecule has 0 spiro atoms. The number of phenolic OH excluding ortho intramolecular Hbond substituents is 1. The number of amides is 1. The number of carbonyl (C=O) groups excluding carboxylic acids is 2. The fraction of sp³-hybridized carbons (Fsp3) is 0.143. The normalized spacial score (nSPS) is 16.6. The molecule has 1 aromatic carbocycles. The summed E-state index contributed by atoms with van der Waals surface area (Å²) >= 11 is 3.29. The molecule has 0 fully saturated rings. The number of halogens is 1. The Hall–Kier alpha value is -2.08. The molecule has 0 radical (unpaired) electrons. The van der Waals surface area contributed by atoms with E-state index in [2.05, 4.69) is 26.0 Å². The Balaban J connectivity index is 2.54. The molecule has 0 atom stereocenters. The van der Waals surface area contributed by atoms with Crippen LogP contribution in [0.5, 0.6) is 5.75 Å². The Kier molecular flexibility index (Phi) is 3.94. The average molecular weight is 338 g/mol. The molecular formula is C14H12BrNO4. The van der Waals surface area contributed by atoms with Gasteiger partial charge >= 0.3 is 5.97 Å². The summed E-state index contributed by atoms with van der Waals surface area (Å²) in [6.45, 7) is 1.62. The van der Waals surface area contributed by atoms with Gasteiger partial charge in [-0.2, -0.15) is 0 Å². The fourth-order valence-corrected chi connectivity index (χ4v) is 2.29. The topological polar surface area (TPSA) is 75.6 Å². The summed E-state index contributed by atoms with van der Waals surface area (Å²) in [6.07, 6.45) is 1.46. The molecule has 1 aliphatic heterocycles. The van der Waals surface area contributed by atoms with Crippen LogP contribution >= 0.6 is 15.9 Å². The zero-order valence-corrected chi connectivity index (χ0v) is 12.4. The third kappa shape index (κ3) is 2.60. The lowest BCUT2D eigenvalue weighted by molar-refractivity contribution is -0.136. The van der Waals surface area contributed by atoms with Crippen LogP contribution in [-0.2, 0) is 14.3 Å². The smallest absolute Gasteiger partial charge is 0.340 e. The summed E-state index contributed by atoms with van der Waals surface area (Å²) in [7, 11) is 1.25. The Labute approximate surface area is 124 Å². The van der Waals surface area contributed by atoms with E-state index in [-0.39, 0.29) is 16.9 Å². The van der Waals surface area contributed by atoms with Gasteiger partial charge in [0, 0.05) is 15.7 Å². The Morgan fingerprint density at radius 3 is 2.80 bits per heavy atom. The highest BCUT2D eigenvalue weighted by molar-refractivity contribution is 9.10. The average Bonchev–Trinajstić information content (AvgIpc) is 2.68. The van der Waals surface area contributed by atoms with Crippen LogP contribution in [0.15, 0.2) is 39.5 Å². The van der Waals surface area contributed by atoms with Gasteiger partial charge in [-0.25, -0.2) is 4.79 Å². The van der Waals surface area contributed by atoms with Crippen LogP contribution in [0.1, 0.15) is 12.5 Å². The van der Waals surface area contributed by atoms with Crippen molar-refractivity contribution in [1.82, 2.24) is 5.32 Å². The van der Waals surface area contributed by atoms with Gasteiger partial charge < -0.3 is 15.2 Å². The molecule has 0 saturated heterocycles. The van der Waals surface area contributed by atoms with E-state index in [4.69, 9.17) is 0 Å². The van der Waals surface area contributed by atoms with Crippen LogP contribution in [0, 0.1) is 0 Å². The number of benzene rings is 1. The lowest BCUT2D eigenvalue weighted by atomic mass is 10.0. The number of rotatable bonds is 2. The van der Waals surface area contributed by atoms with Crippen LogP contribution in [0.3, 0.4) is 0 Å². The lowest BCUT2D eigenvalue weighted by Crippen LogP contribution is -2.15. The molecule has 0 unspecified atom stereocenters. The molecule has 1 aromatic rings. The number of hydrogen-bond acceptors (Lipinski definition) is 4. The van der Waals surface area contributed by atoms with Crippen molar-refractivity contribution in [3.63, 3.8) is 0 Å². The van der Waals surface area contributed by atoms with E-state index < -0.39 is 11.9 Å². The van der Waals surface area contributed by atoms with Crippen LogP contribution in [0.4, 0.5) is 0 Å². The van der Waals surface area contributed by atoms with E-state index in [0.29, 0.717) is 11.3 Å². The van der Waals surface area contributed by atoms with Crippen LogP contribution in [0.25, 0.3) is 6.08 Å². The highest BCUT2D eigenvalue weighted by Crippen LogP contribution is 2.29. The van der Waals surface area contributed by atoms with Crippen molar-refractivity contribution in [2.45, 2.75) is 6.92 Å². The van der Waals surface area contributed by atoms with Gasteiger partial charge in [0.2, 0.25) is 0 Å². The first-order valence-electron chi connectivity index (χ1n) is 5.75. The van der Waals surface area contributed by atoms with E-state index in [0.717, 1.165) is 4.47 Å². The number of allylic oxidation sites excluding steroid dienone is 1. The first-order chi connectivity index (χ1) is 9.43. The molecule has 6 heteroatoms. The molecule has 1 heterocycles. The minimum atomic E-state index is -0.596. The van der Waals surface area contributed by atoms with Crippen LogP contribution < -0.4 is 5.32 Å². The summed E-state index contributed by atoms with van der Waals surface area (Å²) in [5.74, 6) is -0.980. The predicted molar refractivity (Wildman–Crippen MR) is 76.6 cm³/mol. The molecule has 1 amide bonds. The fourth-order valence-electron chi connectivity index (χ4n) is 1.91. The number of aromatic hydroxyl groups is 1. The van der Waals surface area contributed by atoms with Crippen molar-refractivity contribution in [2.24, 2.45) is 0 Å². The number of phenols is 1. The Morgan fingerprint density at radius 2 is 2.15 bits per heavy atom. The Bertz CT molecular complexity index is 661. The van der Waals surface area contributed by atoms with Gasteiger partial charge in [-0.05, 0) is 31.2 Å². The third-order valence-electron chi connectivity index (χ3n) is 2.87. The molecule has 5 nitrogen and oxygen atoms in total. The molecule has 2 N–H and O–H groups in total. The van der Waals surface area contributed by atoms with E-state index in [1.165, 1.54) is 19.3 Å². The van der Waals surface area contributed by atoms with Crippen molar-refractivity contribution in [1.29, 1.82) is 0 Å².